The third kappa shape index (κ3) is 3.98. The molecule has 1 atom stereocenters. The quantitative estimate of drug-likeness (QED) is 0.759. The lowest BCUT2D eigenvalue weighted by atomic mass is 10.2. The molecule has 0 aliphatic carbocycles. The summed E-state index contributed by atoms with van der Waals surface area (Å²) in [6.07, 6.45) is 2.74. The molecule has 1 heterocycles. The first-order valence-corrected chi connectivity index (χ1v) is 6.22. The molecule has 17 heavy (non-hydrogen) atoms. The van der Waals surface area contributed by atoms with Gasteiger partial charge in [-0.25, -0.2) is 0 Å². The van der Waals surface area contributed by atoms with Gasteiger partial charge in [0.2, 0.25) is 0 Å². The van der Waals surface area contributed by atoms with E-state index < -0.39 is 6.10 Å². The van der Waals surface area contributed by atoms with Crippen LogP contribution in [-0.4, -0.2) is 34.9 Å². The van der Waals surface area contributed by atoms with Crippen LogP contribution in [0, 0.1) is 0 Å². The van der Waals surface area contributed by atoms with Gasteiger partial charge in [0.05, 0.1) is 23.7 Å². The number of aliphatic hydroxyl groups excluding tert-OH is 2. The fraction of sp³-hybridized carbons (Fsp3) is 0.615. The molecule has 96 valence electrons. The highest BCUT2D eigenvalue weighted by atomic mass is 16.3. The number of nitrogens with zero attached hydrogens (tertiary/aromatic N) is 2. The van der Waals surface area contributed by atoms with Crippen LogP contribution in [-0.2, 0) is 0 Å². The lowest BCUT2D eigenvalue weighted by Crippen LogP contribution is -2.24. The van der Waals surface area contributed by atoms with Gasteiger partial charge in [-0.3, -0.25) is 4.98 Å². The lowest BCUT2D eigenvalue weighted by molar-refractivity contribution is 0.169. The van der Waals surface area contributed by atoms with Crippen LogP contribution in [0.2, 0.25) is 0 Å². The van der Waals surface area contributed by atoms with E-state index >= 15 is 0 Å². The van der Waals surface area contributed by atoms with Crippen LogP contribution in [0.5, 0.6) is 0 Å². The Morgan fingerprint density at radius 2 is 2.12 bits per heavy atom. The van der Waals surface area contributed by atoms with Gasteiger partial charge in [-0.05, 0) is 31.9 Å². The highest BCUT2D eigenvalue weighted by Gasteiger charge is 2.08. The van der Waals surface area contributed by atoms with Gasteiger partial charge in [0.25, 0.3) is 0 Å². The zero-order valence-electron chi connectivity index (χ0n) is 10.6. The minimum atomic E-state index is -0.475. The van der Waals surface area contributed by atoms with Crippen LogP contribution in [0.1, 0.15) is 38.5 Å². The average Bonchev–Trinajstić information content (AvgIpc) is 2.39. The summed E-state index contributed by atoms with van der Waals surface area (Å²) in [4.78, 5) is 6.43. The maximum Gasteiger partial charge on any atom is 0.0957 e. The summed E-state index contributed by atoms with van der Waals surface area (Å²) in [6.45, 7) is 5.92. The Morgan fingerprint density at radius 1 is 1.35 bits per heavy atom. The first-order valence-electron chi connectivity index (χ1n) is 6.22. The Hall–Kier alpha value is -1.13. The Kier molecular flexibility index (Phi) is 5.94. The molecule has 1 aromatic heterocycles. The monoisotopic (exact) mass is 238 g/mol. The number of rotatable bonds is 7. The SMILES string of the molecule is CC[C@H](O)c1ccc(N(CC)CCCO)cn1. The summed E-state index contributed by atoms with van der Waals surface area (Å²) in [5.74, 6) is 0. The molecule has 0 spiro atoms. The first-order chi connectivity index (χ1) is 8.22. The van der Waals surface area contributed by atoms with Crippen LogP contribution >= 0.6 is 0 Å². The second-order valence-electron chi connectivity index (χ2n) is 4.02. The summed E-state index contributed by atoms with van der Waals surface area (Å²) in [5.41, 5.74) is 1.75. The first kappa shape index (κ1) is 13.9. The van der Waals surface area contributed by atoms with Crippen LogP contribution in [0.3, 0.4) is 0 Å². The molecule has 0 amide bonds. The van der Waals surface area contributed by atoms with Crippen molar-refractivity contribution in [2.45, 2.75) is 32.8 Å². The topological polar surface area (TPSA) is 56.6 Å². The van der Waals surface area contributed by atoms with Crippen molar-refractivity contribution in [3.05, 3.63) is 24.0 Å². The van der Waals surface area contributed by atoms with Crippen LogP contribution in [0.25, 0.3) is 0 Å². The molecule has 4 nitrogen and oxygen atoms in total. The Bertz CT molecular complexity index is 314. The zero-order valence-corrected chi connectivity index (χ0v) is 10.6. The highest BCUT2D eigenvalue weighted by molar-refractivity contribution is 5.44. The van der Waals surface area contributed by atoms with Gasteiger partial charge >= 0.3 is 0 Å². The predicted octanol–water partition coefficient (Wildman–Crippen LogP) is 1.73. The van der Waals surface area contributed by atoms with E-state index in [0.717, 1.165) is 30.9 Å². The average molecular weight is 238 g/mol. The third-order valence-electron chi connectivity index (χ3n) is 2.83. The fourth-order valence-electron chi connectivity index (χ4n) is 1.72. The molecule has 0 aliphatic heterocycles. The van der Waals surface area contributed by atoms with Crippen molar-refractivity contribution in [2.24, 2.45) is 0 Å². The standard InChI is InChI=1S/C13H22N2O2/c1-3-13(17)12-7-6-11(10-14-12)15(4-2)8-5-9-16/h6-7,10,13,16-17H,3-5,8-9H2,1-2H3/t13-/m0/s1. The number of hydrogen-bond acceptors (Lipinski definition) is 4. The van der Waals surface area contributed by atoms with Crippen molar-refractivity contribution >= 4 is 5.69 Å². The minimum Gasteiger partial charge on any atom is -0.396 e. The van der Waals surface area contributed by atoms with E-state index in [1.165, 1.54) is 0 Å². The number of aliphatic hydroxyl groups is 2. The van der Waals surface area contributed by atoms with Crippen LogP contribution in [0.15, 0.2) is 18.3 Å². The van der Waals surface area contributed by atoms with Gasteiger partial charge in [-0.2, -0.15) is 0 Å². The van der Waals surface area contributed by atoms with E-state index in [0.29, 0.717) is 6.42 Å². The van der Waals surface area contributed by atoms with Crippen molar-refractivity contribution in [1.82, 2.24) is 4.98 Å². The molecular weight excluding hydrogens is 216 g/mol. The van der Waals surface area contributed by atoms with Crippen molar-refractivity contribution in [1.29, 1.82) is 0 Å². The molecule has 0 bridgehead atoms. The molecule has 0 aliphatic rings. The van der Waals surface area contributed by atoms with Crippen LogP contribution in [0.4, 0.5) is 5.69 Å². The number of anilines is 1. The van der Waals surface area contributed by atoms with E-state index in [4.69, 9.17) is 5.11 Å². The number of hydrogen-bond donors (Lipinski definition) is 2. The van der Waals surface area contributed by atoms with E-state index in [2.05, 4.69) is 16.8 Å². The Labute approximate surface area is 103 Å². The van der Waals surface area contributed by atoms with Gasteiger partial charge in [0.15, 0.2) is 0 Å². The van der Waals surface area contributed by atoms with Gasteiger partial charge in [-0.1, -0.05) is 6.92 Å². The zero-order chi connectivity index (χ0) is 12.7. The fourth-order valence-corrected chi connectivity index (χ4v) is 1.72. The van der Waals surface area contributed by atoms with Gasteiger partial charge in [0, 0.05) is 19.7 Å². The van der Waals surface area contributed by atoms with E-state index in [-0.39, 0.29) is 6.61 Å². The minimum absolute atomic E-state index is 0.205. The molecule has 1 rings (SSSR count). The number of aromatic nitrogens is 1. The second-order valence-corrected chi connectivity index (χ2v) is 4.02. The molecule has 0 aromatic carbocycles. The molecule has 2 N–H and O–H groups in total. The van der Waals surface area contributed by atoms with Gasteiger partial charge in [0.1, 0.15) is 0 Å². The summed E-state index contributed by atoms with van der Waals surface area (Å²) in [6, 6.07) is 3.84. The van der Waals surface area contributed by atoms with Gasteiger partial charge in [-0.15, -0.1) is 0 Å². The summed E-state index contributed by atoms with van der Waals surface area (Å²) >= 11 is 0. The van der Waals surface area contributed by atoms with Gasteiger partial charge < -0.3 is 15.1 Å². The Balaban J connectivity index is 2.70. The highest BCUT2D eigenvalue weighted by Crippen LogP contribution is 2.18. The summed E-state index contributed by atoms with van der Waals surface area (Å²) in [5, 5.41) is 18.5. The maximum absolute atomic E-state index is 9.65. The maximum atomic E-state index is 9.65. The van der Waals surface area contributed by atoms with Crippen molar-refractivity contribution < 1.29 is 10.2 Å². The van der Waals surface area contributed by atoms with Crippen molar-refractivity contribution in [3.63, 3.8) is 0 Å². The largest absolute Gasteiger partial charge is 0.396 e. The van der Waals surface area contributed by atoms with E-state index in [9.17, 15) is 5.11 Å². The number of pyridine rings is 1. The van der Waals surface area contributed by atoms with Crippen LogP contribution < -0.4 is 4.90 Å². The van der Waals surface area contributed by atoms with Crippen molar-refractivity contribution in [3.8, 4) is 0 Å². The molecular formula is C13H22N2O2. The van der Waals surface area contributed by atoms with Crippen molar-refractivity contribution in [2.75, 3.05) is 24.6 Å². The second kappa shape index (κ2) is 7.25. The summed E-state index contributed by atoms with van der Waals surface area (Å²) in [7, 11) is 0. The smallest absolute Gasteiger partial charge is 0.0957 e. The molecule has 0 saturated heterocycles. The Morgan fingerprint density at radius 3 is 2.59 bits per heavy atom. The van der Waals surface area contributed by atoms with E-state index in [1.807, 2.05) is 19.1 Å². The van der Waals surface area contributed by atoms with E-state index in [1.54, 1.807) is 6.20 Å². The third-order valence-corrected chi connectivity index (χ3v) is 2.83. The molecule has 0 saturated carbocycles. The molecule has 0 fully saturated rings. The molecule has 0 radical (unpaired) electrons. The normalized spacial score (nSPS) is 12.5. The molecule has 4 heteroatoms. The lowest BCUT2D eigenvalue weighted by Gasteiger charge is -2.22. The predicted molar refractivity (Wildman–Crippen MR) is 69.1 cm³/mol. The summed E-state index contributed by atoms with van der Waals surface area (Å²) < 4.78 is 0. The molecule has 1 aromatic rings. The molecule has 0 unspecified atom stereocenters.